The van der Waals surface area contributed by atoms with Gasteiger partial charge in [0, 0.05) is 31.2 Å². The monoisotopic (exact) mass is 328 g/mol. The molecule has 128 valence electrons. The second kappa shape index (κ2) is 7.73. The molecule has 1 aliphatic rings. The highest BCUT2D eigenvalue weighted by molar-refractivity contribution is 5.93. The van der Waals surface area contributed by atoms with Gasteiger partial charge < -0.3 is 9.15 Å². The molecule has 0 spiro atoms. The van der Waals surface area contributed by atoms with Gasteiger partial charge in [-0.15, -0.1) is 0 Å². The number of Topliss-reactive ketones (excluding diaryl/α,β-unsaturated/α-hetero) is 1. The van der Waals surface area contributed by atoms with Crippen molar-refractivity contribution >= 4 is 5.78 Å². The third kappa shape index (κ3) is 4.10. The van der Waals surface area contributed by atoms with E-state index in [9.17, 15) is 4.79 Å². The summed E-state index contributed by atoms with van der Waals surface area (Å²) in [5.41, 5.74) is 2.14. The number of hydrogen-bond donors (Lipinski definition) is 0. The largest absolute Gasteiger partial charge is 0.461 e. The zero-order valence-electron chi connectivity index (χ0n) is 14.3. The maximum atomic E-state index is 12.3. The molecule has 24 heavy (non-hydrogen) atoms. The summed E-state index contributed by atoms with van der Waals surface area (Å²) in [4.78, 5) is 19.4. The van der Waals surface area contributed by atoms with Crippen molar-refractivity contribution in [2.75, 3.05) is 19.8 Å². The van der Waals surface area contributed by atoms with E-state index in [-0.39, 0.29) is 11.8 Å². The molecule has 5 heteroatoms. The van der Waals surface area contributed by atoms with Gasteiger partial charge in [-0.25, -0.2) is 0 Å². The number of nitrogens with zero attached hydrogens (tertiary/aromatic N) is 2. The van der Waals surface area contributed by atoms with E-state index in [2.05, 4.69) is 30.9 Å². The molecule has 0 radical (unpaired) electrons. The molecule has 1 fully saturated rings. The lowest BCUT2D eigenvalue weighted by molar-refractivity contribution is -0.0133. The minimum Gasteiger partial charge on any atom is -0.461 e. The number of furan rings is 1. The highest BCUT2D eigenvalue weighted by atomic mass is 16.5. The molecule has 1 aliphatic heterocycles. The van der Waals surface area contributed by atoms with Crippen LogP contribution in [0.1, 0.15) is 48.1 Å². The number of morpholine rings is 1. The van der Waals surface area contributed by atoms with Crippen molar-refractivity contribution < 1.29 is 13.9 Å². The molecule has 1 unspecified atom stereocenters. The zero-order valence-corrected chi connectivity index (χ0v) is 14.3. The molecule has 2 aromatic heterocycles. The number of rotatable bonds is 6. The predicted molar refractivity (Wildman–Crippen MR) is 91.0 cm³/mol. The molecule has 0 amide bonds. The smallest absolute Gasteiger partial charge is 0.199 e. The second-order valence-corrected chi connectivity index (χ2v) is 6.51. The van der Waals surface area contributed by atoms with Crippen LogP contribution in [0.4, 0.5) is 0 Å². The second-order valence-electron chi connectivity index (χ2n) is 6.51. The highest BCUT2D eigenvalue weighted by Crippen LogP contribution is 2.18. The first-order valence-electron chi connectivity index (χ1n) is 8.48. The van der Waals surface area contributed by atoms with Crippen molar-refractivity contribution in [2.45, 2.75) is 38.8 Å². The number of ketones is 1. The Kier molecular flexibility index (Phi) is 5.43. The predicted octanol–water partition coefficient (Wildman–Crippen LogP) is 3.27. The quantitative estimate of drug-likeness (QED) is 0.762. The van der Waals surface area contributed by atoms with Crippen molar-refractivity contribution in [1.29, 1.82) is 0 Å². The number of pyridine rings is 1. The third-order valence-electron chi connectivity index (χ3n) is 4.35. The zero-order chi connectivity index (χ0) is 16.9. The minimum absolute atomic E-state index is 0.0180. The van der Waals surface area contributed by atoms with E-state index in [1.165, 1.54) is 6.26 Å². The van der Waals surface area contributed by atoms with Gasteiger partial charge in [0.05, 0.1) is 25.2 Å². The maximum absolute atomic E-state index is 12.3. The fourth-order valence-corrected chi connectivity index (χ4v) is 2.95. The molecule has 1 atom stereocenters. The average Bonchev–Trinajstić information content (AvgIpc) is 3.11. The molecular weight excluding hydrogens is 304 g/mol. The molecule has 0 N–H and O–H groups in total. The van der Waals surface area contributed by atoms with Crippen LogP contribution in [-0.2, 0) is 11.3 Å². The van der Waals surface area contributed by atoms with Gasteiger partial charge in [-0.1, -0.05) is 19.9 Å². The Morgan fingerprint density at radius 2 is 2.21 bits per heavy atom. The fraction of sp³-hybridized carbons (Fsp3) is 0.474. The Hall–Kier alpha value is -1.98. The summed E-state index contributed by atoms with van der Waals surface area (Å²) in [5.74, 6) is 0.843. The Morgan fingerprint density at radius 3 is 2.96 bits per heavy atom. The van der Waals surface area contributed by atoms with Gasteiger partial charge in [0.2, 0.25) is 0 Å². The summed E-state index contributed by atoms with van der Waals surface area (Å²) in [6, 6.07) is 9.67. The third-order valence-corrected chi connectivity index (χ3v) is 4.35. The van der Waals surface area contributed by atoms with Gasteiger partial charge >= 0.3 is 0 Å². The molecule has 0 saturated carbocycles. The molecule has 0 aliphatic carbocycles. The first kappa shape index (κ1) is 16.9. The van der Waals surface area contributed by atoms with E-state index in [0.717, 1.165) is 24.5 Å². The van der Waals surface area contributed by atoms with Crippen molar-refractivity contribution in [3.8, 4) is 0 Å². The van der Waals surface area contributed by atoms with Crippen molar-refractivity contribution in [1.82, 2.24) is 9.88 Å². The SMILES string of the molecule is CC(C)c1cccc(CN2CCOCC2CC(=O)c2ccco2)n1. The summed E-state index contributed by atoms with van der Waals surface area (Å²) in [6.07, 6.45) is 1.93. The molecule has 3 rings (SSSR count). The number of carbonyl (C=O) groups excluding carboxylic acids is 1. The Bertz CT molecular complexity index is 667. The van der Waals surface area contributed by atoms with Gasteiger partial charge in [-0.3, -0.25) is 14.7 Å². The number of ether oxygens (including phenoxy) is 1. The van der Waals surface area contributed by atoms with Crippen LogP contribution in [0.3, 0.4) is 0 Å². The van der Waals surface area contributed by atoms with E-state index in [4.69, 9.17) is 14.1 Å². The van der Waals surface area contributed by atoms with Crippen LogP contribution < -0.4 is 0 Å². The van der Waals surface area contributed by atoms with E-state index in [0.29, 0.717) is 31.3 Å². The average molecular weight is 328 g/mol. The van der Waals surface area contributed by atoms with Crippen LogP contribution in [-0.4, -0.2) is 41.5 Å². The van der Waals surface area contributed by atoms with E-state index in [1.807, 2.05) is 6.07 Å². The van der Waals surface area contributed by atoms with Gasteiger partial charge in [0.15, 0.2) is 11.5 Å². The molecular formula is C19H24N2O3. The summed E-state index contributed by atoms with van der Waals surface area (Å²) in [6.45, 7) is 7.09. The Balaban J connectivity index is 1.68. The van der Waals surface area contributed by atoms with Crippen molar-refractivity contribution in [2.24, 2.45) is 0 Å². The summed E-state index contributed by atoms with van der Waals surface area (Å²) < 4.78 is 10.8. The molecule has 3 heterocycles. The van der Waals surface area contributed by atoms with Crippen LogP contribution in [0, 0.1) is 0 Å². The van der Waals surface area contributed by atoms with E-state index in [1.54, 1.807) is 12.1 Å². The van der Waals surface area contributed by atoms with Gasteiger partial charge in [0.25, 0.3) is 0 Å². The van der Waals surface area contributed by atoms with Crippen LogP contribution in [0.2, 0.25) is 0 Å². The lowest BCUT2D eigenvalue weighted by atomic mass is 10.1. The lowest BCUT2D eigenvalue weighted by Gasteiger charge is -2.35. The van der Waals surface area contributed by atoms with Crippen LogP contribution in [0.25, 0.3) is 0 Å². The molecule has 5 nitrogen and oxygen atoms in total. The minimum atomic E-state index is 0.0180. The summed E-state index contributed by atoms with van der Waals surface area (Å²) in [5, 5.41) is 0. The summed E-state index contributed by atoms with van der Waals surface area (Å²) >= 11 is 0. The normalized spacial score (nSPS) is 18.9. The fourth-order valence-electron chi connectivity index (χ4n) is 2.95. The van der Waals surface area contributed by atoms with Gasteiger partial charge in [0.1, 0.15) is 0 Å². The number of aromatic nitrogens is 1. The topological polar surface area (TPSA) is 55.6 Å². The van der Waals surface area contributed by atoms with Crippen LogP contribution in [0.5, 0.6) is 0 Å². The molecule has 0 aromatic carbocycles. The first-order chi connectivity index (χ1) is 11.6. The Morgan fingerprint density at radius 1 is 1.33 bits per heavy atom. The summed E-state index contributed by atoms with van der Waals surface area (Å²) in [7, 11) is 0. The molecule has 1 saturated heterocycles. The highest BCUT2D eigenvalue weighted by Gasteiger charge is 2.27. The van der Waals surface area contributed by atoms with Gasteiger partial charge in [-0.2, -0.15) is 0 Å². The van der Waals surface area contributed by atoms with E-state index < -0.39 is 0 Å². The van der Waals surface area contributed by atoms with Crippen molar-refractivity contribution in [3.05, 3.63) is 53.7 Å². The Labute approximate surface area is 142 Å². The molecule has 2 aromatic rings. The standard InChI is InChI=1S/C19H24N2O3/c1-14(2)17-6-3-5-15(20-17)12-21-8-10-23-13-16(21)11-18(22)19-7-4-9-24-19/h3-7,9,14,16H,8,10-13H2,1-2H3. The van der Waals surface area contributed by atoms with E-state index >= 15 is 0 Å². The number of hydrogen-bond acceptors (Lipinski definition) is 5. The number of carbonyl (C=O) groups is 1. The first-order valence-corrected chi connectivity index (χ1v) is 8.48. The lowest BCUT2D eigenvalue weighted by Crippen LogP contribution is -2.46. The van der Waals surface area contributed by atoms with Crippen LogP contribution >= 0.6 is 0 Å². The van der Waals surface area contributed by atoms with Crippen molar-refractivity contribution in [3.63, 3.8) is 0 Å². The molecule has 0 bridgehead atoms. The van der Waals surface area contributed by atoms with Crippen LogP contribution in [0.15, 0.2) is 41.0 Å². The van der Waals surface area contributed by atoms with Gasteiger partial charge in [-0.05, 0) is 30.2 Å². The maximum Gasteiger partial charge on any atom is 0.199 e.